The van der Waals surface area contributed by atoms with Crippen LogP contribution in [0.15, 0.2) is 23.2 Å². The number of aliphatic imine (C=N–C) groups is 1. The highest BCUT2D eigenvalue weighted by molar-refractivity contribution is 14.0. The number of benzene rings is 1. The van der Waals surface area contributed by atoms with Gasteiger partial charge in [0.15, 0.2) is 5.96 Å². The highest BCUT2D eigenvalue weighted by Gasteiger charge is 2.15. The van der Waals surface area contributed by atoms with Gasteiger partial charge in [-0.1, -0.05) is 6.07 Å². The molecule has 1 aliphatic rings. The molecule has 0 aliphatic carbocycles. The number of hydrogen-bond donors (Lipinski definition) is 3. The number of rotatable bonds is 8. The van der Waals surface area contributed by atoms with Crippen LogP contribution >= 0.6 is 24.0 Å². The van der Waals surface area contributed by atoms with Crippen LogP contribution in [0.5, 0.6) is 0 Å². The van der Waals surface area contributed by atoms with Crippen LogP contribution in [0.3, 0.4) is 0 Å². The van der Waals surface area contributed by atoms with Crippen LogP contribution in [0.1, 0.15) is 25.3 Å². The van der Waals surface area contributed by atoms with E-state index < -0.39 is 15.8 Å². The molecule has 0 radical (unpaired) electrons. The lowest BCUT2D eigenvalue weighted by Crippen LogP contribution is -2.40. The average Bonchev–Trinajstić information content (AvgIpc) is 3.09. The minimum Gasteiger partial charge on any atom is -0.376 e. The standard InChI is InChI=1S/C17H27FN4O3S.HI/c1-3-19-17(21-12-15-5-4-9-25-15)20-8-10-26(23,24)22-14-7-6-13(2)16(18)11-14;/h6-7,11,15,22H,3-5,8-10,12H2,1-2H3,(H2,19,20,21);1H. The van der Waals surface area contributed by atoms with Crippen molar-refractivity contribution in [2.45, 2.75) is 32.8 Å². The Hall–Kier alpha value is -1.14. The van der Waals surface area contributed by atoms with Crippen molar-refractivity contribution in [2.75, 3.05) is 36.7 Å². The van der Waals surface area contributed by atoms with Crippen LogP contribution in [0, 0.1) is 12.7 Å². The number of hydrogen-bond acceptors (Lipinski definition) is 4. The van der Waals surface area contributed by atoms with Gasteiger partial charge in [0.1, 0.15) is 5.82 Å². The van der Waals surface area contributed by atoms with E-state index in [1.807, 2.05) is 6.92 Å². The monoisotopic (exact) mass is 514 g/mol. The van der Waals surface area contributed by atoms with Gasteiger partial charge in [-0.2, -0.15) is 0 Å². The molecule has 10 heteroatoms. The molecule has 27 heavy (non-hydrogen) atoms. The molecule has 1 saturated heterocycles. The van der Waals surface area contributed by atoms with Crippen LogP contribution < -0.4 is 15.4 Å². The summed E-state index contributed by atoms with van der Waals surface area (Å²) in [6.07, 6.45) is 2.18. The van der Waals surface area contributed by atoms with Gasteiger partial charge in [0.05, 0.1) is 24.1 Å². The smallest absolute Gasteiger partial charge is 0.234 e. The second kappa shape index (κ2) is 11.6. The van der Waals surface area contributed by atoms with Crippen LogP contribution in [-0.4, -0.2) is 52.5 Å². The summed E-state index contributed by atoms with van der Waals surface area (Å²) in [7, 11) is -3.59. The van der Waals surface area contributed by atoms with Crippen molar-refractivity contribution in [3.8, 4) is 0 Å². The fourth-order valence-corrected chi connectivity index (χ4v) is 3.47. The highest BCUT2D eigenvalue weighted by Crippen LogP contribution is 2.15. The van der Waals surface area contributed by atoms with Gasteiger partial charge < -0.3 is 15.4 Å². The maximum atomic E-state index is 13.5. The number of halogens is 2. The number of anilines is 1. The van der Waals surface area contributed by atoms with Crippen LogP contribution in [0.2, 0.25) is 0 Å². The summed E-state index contributed by atoms with van der Waals surface area (Å²) in [6.45, 7) is 5.73. The zero-order valence-corrected chi connectivity index (χ0v) is 18.8. The van der Waals surface area contributed by atoms with Gasteiger partial charge in [-0.3, -0.25) is 9.71 Å². The van der Waals surface area contributed by atoms with Crippen LogP contribution in [0.4, 0.5) is 10.1 Å². The molecule has 1 atom stereocenters. The molecule has 1 aromatic rings. The summed E-state index contributed by atoms with van der Waals surface area (Å²) < 4.78 is 45.7. The Kier molecular flexibility index (Phi) is 10.3. The fraction of sp³-hybridized carbons (Fsp3) is 0.588. The SMILES string of the molecule is CCNC(=NCC1CCCO1)NCCS(=O)(=O)Nc1ccc(C)c(F)c1.I. The van der Waals surface area contributed by atoms with Crippen molar-refractivity contribution < 1.29 is 17.5 Å². The zero-order valence-electron chi connectivity index (χ0n) is 15.6. The largest absolute Gasteiger partial charge is 0.376 e. The van der Waals surface area contributed by atoms with Gasteiger partial charge in [0, 0.05) is 19.7 Å². The Morgan fingerprint density at radius 1 is 1.37 bits per heavy atom. The van der Waals surface area contributed by atoms with E-state index in [2.05, 4.69) is 20.3 Å². The number of guanidine groups is 1. The molecule has 154 valence electrons. The summed E-state index contributed by atoms with van der Waals surface area (Å²) in [5, 5.41) is 6.07. The molecule has 1 fully saturated rings. The molecule has 1 heterocycles. The third kappa shape index (κ3) is 8.60. The Balaban J connectivity index is 0.00000364. The first-order valence-corrected chi connectivity index (χ1v) is 10.5. The summed E-state index contributed by atoms with van der Waals surface area (Å²) in [4.78, 5) is 4.42. The molecule has 0 bridgehead atoms. The van der Waals surface area contributed by atoms with Crippen molar-refractivity contribution in [3.63, 3.8) is 0 Å². The minimum absolute atomic E-state index is 0. The second-order valence-electron chi connectivity index (χ2n) is 6.17. The van der Waals surface area contributed by atoms with Gasteiger partial charge in [0.2, 0.25) is 10.0 Å². The minimum atomic E-state index is -3.59. The average molecular weight is 514 g/mol. The maximum absolute atomic E-state index is 13.5. The van der Waals surface area contributed by atoms with Crippen LogP contribution in [-0.2, 0) is 14.8 Å². The lowest BCUT2D eigenvalue weighted by atomic mass is 10.2. The van der Waals surface area contributed by atoms with Crippen molar-refractivity contribution in [1.29, 1.82) is 0 Å². The number of nitrogens with one attached hydrogen (secondary N) is 3. The van der Waals surface area contributed by atoms with Crippen molar-refractivity contribution in [2.24, 2.45) is 4.99 Å². The van der Waals surface area contributed by atoms with E-state index in [-0.39, 0.29) is 48.1 Å². The molecule has 1 unspecified atom stereocenters. The number of nitrogens with zero attached hydrogens (tertiary/aromatic N) is 1. The molecular formula is C17H28FIN4O3S. The van der Waals surface area contributed by atoms with Gasteiger partial charge >= 0.3 is 0 Å². The highest BCUT2D eigenvalue weighted by atomic mass is 127. The first kappa shape index (κ1) is 23.9. The van der Waals surface area contributed by atoms with Crippen molar-refractivity contribution in [3.05, 3.63) is 29.6 Å². The van der Waals surface area contributed by atoms with Crippen LogP contribution in [0.25, 0.3) is 0 Å². The lowest BCUT2D eigenvalue weighted by molar-refractivity contribution is 0.117. The van der Waals surface area contributed by atoms with E-state index in [4.69, 9.17) is 4.74 Å². The Morgan fingerprint density at radius 2 is 2.15 bits per heavy atom. The van der Waals surface area contributed by atoms with Gasteiger partial charge in [-0.25, -0.2) is 12.8 Å². The van der Waals surface area contributed by atoms with E-state index in [0.717, 1.165) is 19.4 Å². The summed E-state index contributed by atoms with van der Waals surface area (Å²) in [6, 6.07) is 4.25. The molecule has 3 N–H and O–H groups in total. The Bertz CT molecular complexity index is 725. The normalized spacial score (nSPS) is 17.3. The zero-order chi connectivity index (χ0) is 19.0. The second-order valence-corrected chi connectivity index (χ2v) is 8.01. The first-order valence-electron chi connectivity index (χ1n) is 8.80. The molecule has 2 rings (SSSR count). The van der Waals surface area contributed by atoms with Gasteiger partial charge in [-0.05, 0) is 44.4 Å². The van der Waals surface area contributed by atoms with Crippen molar-refractivity contribution in [1.82, 2.24) is 10.6 Å². The first-order chi connectivity index (χ1) is 12.4. The number of ether oxygens (including phenoxy) is 1. The fourth-order valence-electron chi connectivity index (χ4n) is 2.51. The van der Waals surface area contributed by atoms with E-state index >= 15 is 0 Å². The van der Waals surface area contributed by atoms with Gasteiger partial charge in [0.25, 0.3) is 0 Å². The quantitative estimate of drug-likeness (QED) is 0.281. The van der Waals surface area contributed by atoms with E-state index in [9.17, 15) is 12.8 Å². The molecule has 0 amide bonds. The molecule has 7 nitrogen and oxygen atoms in total. The molecule has 1 aliphatic heterocycles. The van der Waals surface area contributed by atoms with E-state index in [1.54, 1.807) is 6.92 Å². The summed E-state index contributed by atoms with van der Waals surface area (Å²) in [5.41, 5.74) is 0.680. The lowest BCUT2D eigenvalue weighted by Gasteiger charge is -2.13. The number of sulfonamides is 1. The third-order valence-corrected chi connectivity index (χ3v) is 5.22. The molecular weight excluding hydrogens is 486 g/mol. The third-order valence-electron chi connectivity index (χ3n) is 3.93. The maximum Gasteiger partial charge on any atom is 0.234 e. The van der Waals surface area contributed by atoms with E-state index in [1.165, 1.54) is 18.2 Å². The topological polar surface area (TPSA) is 91.8 Å². The Morgan fingerprint density at radius 3 is 2.78 bits per heavy atom. The molecule has 0 aromatic heterocycles. The Labute approximate surface area is 177 Å². The summed E-state index contributed by atoms with van der Waals surface area (Å²) >= 11 is 0. The molecule has 1 aromatic carbocycles. The predicted molar refractivity (Wildman–Crippen MR) is 117 cm³/mol. The van der Waals surface area contributed by atoms with Gasteiger partial charge in [-0.15, -0.1) is 24.0 Å². The number of aryl methyl sites for hydroxylation is 1. The molecule has 0 saturated carbocycles. The van der Waals surface area contributed by atoms with E-state index in [0.29, 0.717) is 24.6 Å². The molecule has 0 spiro atoms. The summed E-state index contributed by atoms with van der Waals surface area (Å²) in [5.74, 6) is -0.0501. The van der Waals surface area contributed by atoms with Crippen molar-refractivity contribution >= 4 is 45.6 Å². The predicted octanol–water partition coefficient (Wildman–Crippen LogP) is 2.23.